The highest BCUT2D eigenvalue weighted by Gasteiger charge is 2.36. The van der Waals surface area contributed by atoms with Crippen molar-refractivity contribution in [2.75, 3.05) is 26.2 Å². The molecule has 0 unspecified atom stereocenters. The molecule has 3 rings (SSSR count). The van der Waals surface area contributed by atoms with Crippen LogP contribution in [-0.2, 0) is 0 Å². The second kappa shape index (κ2) is 7.95. The molecule has 1 saturated carbocycles. The molecule has 1 aliphatic heterocycles. The molecule has 1 N–H and O–H groups in total. The smallest absolute Gasteiger partial charge is 0.137 e. The third-order valence-corrected chi connectivity index (χ3v) is 4.51. The van der Waals surface area contributed by atoms with Gasteiger partial charge in [-0.05, 0) is 52.4 Å². The Morgan fingerprint density at radius 2 is 1.85 bits per heavy atom. The van der Waals surface area contributed by atoms with Gasteiger partial charge in [-0.25, -0.2) is 4.39 Å². The van der Waals surface area contributed by atoms with Crippen molar-refractivity contribution in [3.63, 3.8) is 0 Å². The Bertz CT molecular complexity index is 437. The summed E-state index contributed by atoms with van der Waals surface area (Å²) in [7, 11) is 0. The second-order valence-electron chi connectivity index (χ2n) is 5.24. The van der Waals surface area contributed by atoms with E-state index in [9.17, 15) is 4.39 Å². The quantitative estimate of drug-likeness (QED) is 0.851. The summed E-state index contributed by atoms with van der Waals surface area (Å²) in [5.74, 6) is 0.592. The molecule has 2 fully saturated rings. The van der Waals surface area contributed by atoms with Gasteiger partial charge in [-0.3, -0.25) is 4.90 Å². The van der Waals surface area contributed by atoms with Crippen molar-refractivity contribution >= 4 is 40.7 Å². The van der Waals surface area contributed by atoms with Gasteiger partial charge in [0.05, 0.1) is 4.47 Å². The third-order valence-electron chi connectivity index (χ3n) is 3.90. The van der Waals surface area contributed by atoms with Crippen LogP contribution in [0.2, 0.25) is 0 Å². The van der Waals surface area contributed by atoms with Crippen molar-refractivity contribution in [2.45, 2.75) is 18.9 Å². The monoisotopic (exact) mass is 384 g/mol. The Labute approximate surface area is 140 Å². The second-order valence-corrected chi connectivity index (χ2v) is 6.10. The molecule has 0 radical (unpaired) electrons. The van der Waals surface area contributed by atoms with Crippen LogP contribution >= 0.6 is 40.7 Å². The molecule has 1 heterocycles. The zero-order chi connectivity index (χ0) is 12.5. The molecule has 20 heavy (non-hydrogen) atoms. The van der Waals surface area contributed by atoms with Crippen LogP contribution in [0.4, 0.5) is 4.39 Å². The molecule has 6 heteroatoms. The molecule has 114 valence electrons. The number of nitrogens with zero attached hydrogens (tertiary/aromatic N) is 1. The summed E-state index contributed by atoms with van der Waals surface area (Å²) in [6.45, 7) is 4.31. The van der Waals surface area contributed by atoms with Gasteiger partial charge < -0.3 is 5.32 Å². The first kappa shape index (κ1) is 18.2. The van der Waals surface area contributed by atoms with Gasteiger partial charge in [0.1, 0.15) is 5.82 Å². The van der Waals surface area contributed by atoms with E-state index in [0.29, 0.717) is 10.5 Å². The molecule has 0 bridgehead atoms. The SMILES string of the molecule is Cl.Cl.Fc1ccc([C@H](C2CC2)N2CCNCC2)cc1Br. The highest BCUT2D eigenvalue weighted by Crippen LogP contribution is 2.45. The Hall–Kier alpha value is 0.130. The van der Waals surface area contributed by atoms with Crippen LogP contribution in [0.15, 0.2) is 22.7 Å². The van der Waals surface area contributed by atoms with E-state index >= 15 is 0 Å². The zero-order valence-electron chi connectivity index (χ0n) is 11.1. The van der Waals surface area contributed by atoms with Gasteiger partial charge in [0.2, 0.25) is 0 Å². The molecule has 0 amide bonds. The van der Waals surface area contributed by atoms with Crippen molar-refractivity contribution < 1.29 is 4.39 Å². The largest absolute Gasteiger partial charge is 0.314 e. The molecular weight excluding hydrogens is 366 g/mol. The van der Waals surface area contributed by atoms with E-state index in [2.05, 4.69) is 26.1 Å². The van der Waals surface area contributed by atoms with Crippen molar-refractivity contribution in [3.8, 4) is 0 Å². The van der Waals surface area contributed by atoms with E-state index < -0.39 is 0 Å². The van der Waals surface area contributed by atoms with Crippen LogP contribution in [0.5, 0.6) is 0 Å². The molecule has 1 saturated heterocycles. The number of piperazine rings is 1. The first-order valence-corrected chi connectivity index (χ1v) is 7.45. The maximum Gasteiger partial charge on any atom is 0.137 e. The fourth-order valence-corrected chi connectivity index (χ4v) is 3.25. The van der Waals surface area contributed by atoms with Crippen LogP contribution in [0, 0.1) is 11.7 Å². The van der Waals surface area contributed by atoms with E-state index in [-0.39, 0.29) is 30.6 Å². The minimum Gasteiger partial charge on any atom is -0.314 e. The summed E-state index contributed by atoms with van der Waals surface area (Å²) >= 11 is 3.30. The Morgan fingerprint density at radius 3 is 2.40 bits per heavy atom. The summed E-state index contributed by atoms with van der Waals surface area (Å²) in [6.07, 6.45) is 2.62. The van der Waals surface area contributed by atoms with Crippen molar-refractivity contribution in [2.24, 2.45) is 5.92 Å². The zero-order valence-corrected chi connectivity index (χ0v) is 14.4. The lowest BCUT2D eigenvalue weighted by Gasteiger charge is -2.35. The Morgan fingerprint density at radius 1 is 1.20 bits per heavy atom. The molecule has 1 atom stereocenters. The van der Waals surface area contributed by atoms with E-state index in [4.69, 9.17) is 0 Å². The number of nitrogens with one attached hydrogen (secondary N) is 1. The van der Waals surface area contributed by atoms with Gasteiger partial charge in [0.25, 0.3) is 0 Å². The Balaban J connectivity index is 0.000001000. The molecular formula is C14H20BrCl2FN2. The topological polar surface area (TPSA) is 15.3 Å². The van der Waals surface area contributed by atoms with Crippen LogP contribution in [0.25, 0.3) is 0 Å². The maximum absolute atomic E-state index is 13.4. The molecule has 2 nitrogen and oxygen atoms in total. The molecule has 1 aromatic rings. The predicted molar refractivity (Wildman–Crippen MR) is 88.5 cm³/mol. The fourth-order valence-electron chi connectivity index (χ4n) is 2.85. The van der Waals surface area contributed by atoms with Gasteiger partial charge >= 0.3 is 0 Å². The van der Waals surface area contributed by atoms with Crippen LogP contribution in [-0.4, -0.2) is 31.1 Å². The summed E-state index contributed by atoms with van der Waals surface area (Å²) in [5.41, 5.74) is 1.26. The van der Waals surface area contributed by atoms with Gasteiger partial charge in [-0.15, -0.1) is 24.8 Å². The summed E-state index contributed by atoms with van der Waals surface area (Å²) in [5, 5.41) is 3.39. The van der Waals surface area contributed by atoms with Crippen molar-refractivity contribution in [1.29, 1.82) is 0 Å². The predicted octanol–water partition coefficient (Wildman–Crippen LogP) is 3.79. The number of benzene rings is 1. The van der Waals surface area contributed by atoms with E-state index in [1.807, 2.05) is 12.1 Å². The minimum absolute atomic E-state index is 0. The van der Waals surface area contributed by atoms with Crippen LogP contribution in [0.3, 0.4) is 0 Å². The molecule has 1 aromatic carbocycles. The minimum atomic E-state index is -0.173. The highest BCUT2D eigenvalue weighted by atomic mass is 79.9. The first-order chi connectivity index (χ1) is 8.75. The van der Waals surface area contributed by atoms with Gasteiger partial charge in [-0.1, -0.05) is 6.07 Å². The van der Waals surface area contributed by atoms with Gasteiger partial charge in [0.15, 0.2) is 0 Å². The fraction of sp³-hybridized carbons (Fsp3) is 0.571. The number of rotatable bonds is 3. The number of hydrogen-bond acceptors (Lipinski definition) is 2. The molecule has 1 aliphatic carbocycles. The van der Waals surface area contributed by atoms with Crippen LogP contribution in [0.1, 0.15) is 24.4 Å². The normalized spacial score (nSPS) is 20.7. The van der Waals surface area contributed by atoms with Crippen molar-refractivity contribution in [1.82, 2.24) is 10.2 Å². The lowest BCUT2D eigenvalue weighted by molar-refractivity contribution is 0.156. The van der Waals surface area contributed by atoms with Crippen LogP contribution < -0.4 is 5.32 Å². The standard InChI is InChI=1S/C14H18BrFN2.2ClH/c15-12-9-11(3-4-13(12)16)14(10-1-2-10)18-7-5-17-6-8-18;;/h3-4,9-10,14,17H,1-2,5-8H2;2*1H/t14-;;/m0../s1. The average molecular weight is 386 g/mol. The molecule has 0 spiro atoms. The summed E-state index contributed by atoms with van der Waals surface area (Å²) < 4.78 is 13.9. The average Bonchev–Trinajstić information content (AvgIpc) is 3.20. The Kier molecular flexibility index (Phi) is 7.22. The lowest BCUT2D eigenvalue weighted by Crippen LogP contribution is -2.45. The van der Waals surface area contributed by atoms with E-state index in [1.165, 1.54) is 18.4 Å². The summed E-state index contributed by atoms with van der Waals surface area (Å²) in [4.78, 5) is 2.55. The molecule has 2 aliphatic rings. The third kappa shape index (κ3) is 4.08. The van der Waals surface area contributed by atoms with E-state index in [1.54, 1.807) is 6.07 Å². The maximum atomic E-state index is 13.4. The lowest BCUT2D eigenvalue weighted by atomic mass is 10.00. The van der Waals surface area contributed by atoms with Gasteiger partial charge in [-0.2, -0.15) is 0 Å². The van der Waals surface area contributed by atoms with E-state index in [0.717, 1.165) is 32.1 Å². The number of halogens is 4. The number of hydrogen-bond donors (Lipinski definition) is 1. The van der Waals surface area contributed by atoms with Gasteiger partial charge in [0, 0.05) is 32.2 Å². The van der Waals surface area contributed by atoms with Crippen molar-refractivity contribution in [3.05, 3.63) is 34.1 Å². The first-order valence-electron chi connectivity index (χ1n) is 6.65. The highest BCUT2D eigenvalue weighted by molar-refractivity contribution is 9.10. The summed E-state index contributed by atoms with van der Waals surface area (Å²) in [6, 6.07) is 5.96. The molecule has 0 aromatic heterocycles.